The summed E-state index contributed by atoms with van der Waals surface area (Å²) in [5.74, 6) is 0.500. The standard InChI is InChI=1S/C27H36N2O4/c1-27(2,28-26(30)33-25-18-29-13-11-22(25)12-14-29)24-6-4-5-23(17-24)21-9-7-20(8-10-21)19-32-16-15-31-3/h4-10,17,22,25H,11-16,18-19H2,1-3H3,(H,28,30). The third-order valence-electron chi connectivity index (χ3n) is 6.84. The van der Waals surface area contributed by atoms with E-state index < -0.39 is 5.54 Å². The lowest BCUT2D eigenvalue weighted by molar-refractivity contribution is -0.0349. The highest BCUT2D eigenvalue weighted by molar-refractivity contribution is 5.70. The Labute approximate surface area is 197 Å². The number of amides is 1. The van der Waals surface area contributed by atoms with Crippen LogP contribution in [0.25, 0.3) is 11.1 Å². The van der Waals surface area contributed by atoms with Crippen LogP contribution in [-0.4, -0.2) is 57.1 Å². The molecular weight excluding hydrogens is 416 g/mol. The molecule has 0 saturated carbocycles. The van der Waals surface area contributed by atoms with Gasteiger partial charge < -0.3 is 19.5 Å². The Balaban J connectivity index is 1.37. The maximum atomic E-state index is 12.7. The van der Waals surface area contributed by atoms with Crippen LogP contribution in [0.15, 0.2) is 48.5 Å². The minimum absolute atomic E-state index is 0.00614. The number of alkyl carbamates (subject to hydrolysis) is 1. The van der Waals surface area contributed by atoms with Crippen LogP contribution in [0.2, 0.25) is 0 Å². The highest BCUT2D eigenvalue weighted by atomic mass is 16.6. The molecule has 2 bridgehead atoms. The van der Waals surface area contributed by atoms with Crippen LogP contribution in [0, 0.1) is 5.92 Å². The normalized spacial score (nSPS) is 22.2. The van der Waals surface area contributed by atoms with Gasteiger partial charge in [-0.3, -0.25) is 4.90 Å². The Morgan fingerprint density at radius 1 is 1.06 bits per heavy atom. The van der Waals surface area contributed by atoms with E-state index in [1.165, 1.54) is 0 Å². The van der Waals surface area contributed by atoms with E-state index in [2.05, 4.69) is 52.7 Å². The van der Waals surface area contributed by atoms with Crippen molar-refractivity contribution in [2.24, 2.45) is 5.92 Å². The van der Waals surface area contributed by atoms with Crippen molar-refractivity contribution in [2.75, 3.05) is 40.0 Å². The second-order valence-electron chi connectivity index (χ2n) is 9.65. The van der Waals surface area contributed by atoms with E-state index in [-0.39, 0.29) is 12.2 Å². The maximum absolute atomic E-state index is 12.7. The summed E-state index contributed by atoms with van der Waals surface area (Å²) in [6, 6.07) is 16.7. The highest BCUT2D eigenvalue weighted by Gasteiger charge is 2.37. The summed E-state index contributed by atoms with van der Waals surface area (Å²) < 4.78 is 16.5. The zero-order valence-corrected chi connectivity index (χ0v) is 20.0. The Hall–Kier alpha value is -2.41. The van der Waals surface area contributed by atoms with Gasteiger partial charge in [0.05, 0.1) is 25.4 Å². The van der Waals surface area contributed by atoms with Gasteiger partial charge in [0.15, 0.2) is 0 Å². The third kappa shape index (κ3) is 6.14. The molecule has 1 N–H and O–H groups in total. The summed E-state index contributed by atoms with van der Waals surface area (Å²) >= 11 is 0. The largest absolute Gasteiger partial charge is 0.445 e. The zero-order chi connectivity index (χ0) is 23.3. The number of nitrogens with zero attached hydrogens (tertiary/aromatic N) is 1. The molecule has 6 nitrogen and oxygen atoms in total. The van der Waals surface area contributed by atoms with Crippen molar-refractivity contribution < 1.29 is 19.0 Å². The molecule has 3 fully saturated rings. The molecule has 1 atom stereocenters. The molecular formula is C27H36N2O4. The molecule has 2 aromatic rings. The van der Waals surface area contributed by atoms with Gasteiger partial charge in [-0.1, -0.05) is 42.5 Å². The lowest BCUT2D eigenvalue weighted by Crippen LogP contribution is -2.53. The van der Waals surface area contributed by atoms with Gasteiger partial charge in [-0.2, -0.15) is 0 Å². The molecule has 0 aromatic heterocycles. The molecule has 5 rings (SSSR count). The summed E-state index contributed by atoms with van der Waals surface area (Å²) in [5.41, 5.74) is 3.86. The van der Waals surface area contributed by atoms with Gasteiger partial charge >= 0.3 is 6.09 Å². The van der Waals surface area contributed by atoms with Gasteiger partial charge in [-0.25, -0.2) is 4.79 Å². The van der Waals surface area contributed by atoms with Crippen LogP contribution in [-0.2, 0) is 26.4 Å². The second kappa shape index (κ2) is 10.7. The Morgan fingerprint density at radius 2 is 1.82 bits per heavy atom. The first kappa shape index (κ1) is 23.7. The zero-order valence-electron chi connectivity index (χ0n) is 20.0. The SMILES string of the molecule is COCCOCc1ccc(-c2cccc(C(C)(C)NC(=O)OC3CN4CCC3CC4)c2)cc1. The average Bonchev–Trinajstić information content (AvgIpc) is 2.83. The van der Waals surface area contributed by atoms with Crippen molar-refractivity contribution in [1.29, 1.82) is 0 Å². The number of ether oxygens (including phenoxy) is 3. The van der Waals surface area contributed by atoms with Crippen molar-refractivity contribution in [3.63, 3.8) is 0 Å². The minimum Gasteiger partial charge on any atom is -0.445 e. The number of nitrogens with one attached hydrogen (secondary N) is 1. The molecule has 3 aliphatic heterocycles. The van der Waals surface area contributed by atoms with Crippen LogP contribution in [0.4, 0.5) is 4.79 Å². The molecule has 0 radical (unpaired) electrons. The molecule has 0 spiro atoms. The fraction of sp³-hybridized carbons (Fsp3) is 0.519. The predicted octanol–water partition coefficient (Wildman–Crippen LogP) is 4.57. The van der Waals surface area contributed by atoms with Crippen molar-refractivity contribution in [1.82, 2.24) is 10.2 Å². The smallest absolute Gasteiger partial charge is 0.408 e. The molecule has 3 aliphatic rings. The molecule has 1 amide bonds. The van der Waals surface area contributed by atoms with Crippen molar-refractivity contribution in [3.05, 3.63) is 59.7 Å². The molecule has 178 valence electrons. The predicted molar refractivity (Wildman–Crippen MR) is 129 cm³/mol. The average molecular weight is 453 g/mol. The molecule has 33 heavy (non-hydrogen) atoms. The number of fused-ring (bicyclic) bond motifs is 3. The van der Waals surface area contributed by atoms with Gasteiger partial charge in [-0.05, 0) is 74.0 Å². The van der Waals surface area contributed by atoms with Crippen LogP contribution < -0.4 is 5.32 Å². The van der Waals surface area contributed by atoms with Crippen LogP contribution in [0.1, 0.15) is 37.8 Å². The number of rotatable bonds is 9. The molecule has 3 heterocycles. The van der Waals surface area contributed by atoms with Crippen LogP contribution >= 0.6 is 0 Å². The Bertz CT molecular complexity index is 920. The van der Waals surface area contributed by atoms with E-state index in [4.69, 9.17) is 14.2 Å². The summed E-state index contributed by atoms with van der Waals surface area (Å²) in [6.07, 6.45) is 1.93. The van der Waals surface area contributed by atoms with E-state index in [1.807, 2.05) is 19.9 Å². The first-order valence-electron chi connectivity index (χ1n) is 11.9. The fourth-order valence-corrected chi connectivity index (χ4v) is 4.75. The number of methoxy groups -OCH3 is 1. The van der Waals surface area contributed by atoms with Gasteiger partial charge in [0, 0.05) is 13.7 Å². The van der Waals surface area contributed by atoms with E-state index in [9.17, 15) is 4.79 Å². The maximum Gasteiger partial charge on any atom is 0.408 e. The number of piperidine rings is 3. The molecule has 0 aliphatic carbocycles. The first-order chi connectivity index (χ1) is 15.9. The van der Waals surface area contributed by atoms with Gasteiger partial charge in [0.2, 0.25) is 0 Å². The molecule has 2 aromatic carbocycles. The van der Waals surface area contributed by atoms with Gasteiger partial charge in [0.1, 0.15) is 6.10 Å². The summed E-state index contributed by atoms with van der Waals surface area (Å²) in [7, 11) is 1.67. The highest BCUT2D eigenvalue weighted by Crippen LogP contribution is 2.31. The summed E-state index contributed by atoms with van der Waals surface area (Å²) in [4.78, 5) is 15.1. The monoisotopic (exact) mass is 452 g/mol. The Kier molecular flexibility index (Phi) is 7.68. The number of benzene rings is 2. The van der Waals surface area contributed by atoms with E-state index in [0.717, 1.165) is 54.7 Å². The van der Waals surface area contributed by atoms with Gasteiger partial charge in [0.25, 0.3) is 0 Å². The van der Waals surface area contributed by atoms with Gasteiger partial charge in [-0.15, -0.1) is 0 Å². The topological polar surface area (TPSA) is 60.0 Å². The Morgan fingerprint density at radius 3 is 2.48 bits per heavy atom. The van der Waals surface area contributed by atoms with Crippen molar-refractivity contribution in [2.45, 2.75) is 44.9 Å². The lowest BCUT2D eigenvalue weighted by Gasteiger charge is -2.44. The molecule has 3 saturated heterocycles. The van der Waals surface area contributed by atoms with Crippen LogP contribution in [0.3, 0.4) is 0 Å². The number of hydrogen-bond donors (Lipinski definition) is 1. The minimum atomic E-state index is -0.545. The second-order valence-corrected chi connectivity index (χ2v) is 9.65. The third-order valence-corrected chi connectivity index (χ3v) is 6.84. The van der Waals surface area contributed by atoms with E-state index >= 15 is 0 Å². The lowest BCUT2D eigenvalue weighted by atomic mass is 9.86. The quantitative estimate of drug-likeness (QED) is 0.565. The van der Waals surface area contributed by atoms with Crippen molar-refractivity contribution >= 4 is 6.09 Å². The summed E-state index contributed by atoms with van der Waals surface area (Å²) in [6.45, 7) is 8.92. The summed E-state index contributed by atoms with van der Waals surface area (Å²) in [5, 5.41) is 3.09. The molecule has 6 heteroatoms. The number of carbonyl (C=O) groups is 1. The molecule has 1 unspecified atom stereocenters. The fourth-order valence-electron chi connectivity index (χ4n) is 4.75. The number of carbonyl (C=O) groups excluding carboxylic acids is 1. The van der Waals surface area contributed by atoms with Crippen molar-refractivity contribution in [3.8, 4) is 11.1 Å². The van der Waals surface area contributed by atoms with Crippen LogP contribution in [0.5, 0.6) is 0 Å². The van der Waals surface area contributed by atoms with E-state index in [0.29, 0.717) is 25.7 Å². The first-order valence-corrected chi connectivity index (χ1v) is 11.9. The van der Waals surface area contributed by atoms with E-state index in [1.54, 1.807) is 7.11 Å². The number of hydrogen-bond acceptors (Lipinski definition) is 5.